The Morgan fingerprint density at radius 3 is 2.50 bits per heavy atom. The van der Waals surface area contributed by atoms with Gasteiger partial charge in [0.25, 0.3) is 5.91 Å². The highest BCUT2D eigenvalue weighted by molar-refractivity contribution is 7.89. The van der Waals surface area contributed by atoms with Gasteiger partial charge in [0.2, 0.25) is 10.0 Å². The summed E-state index contributed by atoms with van der Waals surface area (Å²) in [5.74, 6) is -0.806. The largest absolute Gasteiger partial charge is 0.482 e. The second-order valence-electron chi connectivity index (χ2n) is 6.62. The number of halogens is 4. The molecule has 1 fully saturated rings. The maximum absolute atomic E-state index is 12.9. The van der Waals surface area contributed by atoms with Gasteiger partial charge in [-0.3, -0.25) is 4.79 Å². The highest BCUT2D eigenvalue weighted by Crippen LogP contribution is 2.32. The van der Waals surface area contributed by atoms with Gasteiger partial charge in [-0.2, -0.15) is 17.5 Å². The molecule has 1 saturated heterocycles. The third-order valence-corrected chi connectivity index (χ3v) is 6.58. The summed E-state index contributed by atoms with van der Waals surface area (Å²) in [5.41, 5.74) is -0.961. The third kappa shape index (κ3) is 5.24. The molecule has 30 heavy (non-hydrogen) atoms. The van der Waals surface area contributed by atoms with Crippen LogP contribution in [0.5, 0.6) is 5.75 Å². The van der Waals surface area contributed by atoms with Crippen LogP contribution in [0.1, 0.15) is 18.4 Å². The van der Waals surface area contributed by atoms with Gasteiger partial charge < -0.3 is 10.1 Å². The Balaban J connectivity index is 1.72. The molecule has 2 aromatic rings. The molecule has 0 radical (unpaired) electrons. The van der Waals surface area contributed by atoms with Crippen LogP contribution < -0.4 is 10.1 Å². The number of anilines is 1. The van der Waals surface area contributed by atoms with Crippen LogP contribution in [0.25, 0.3) is 0 Å². The molecule has 0 atom stereocenters. The van der Waals surface area contributed by atoms with Gasteiger partial charge in [-0.1, -0.05) is 17.7 Å². The van der Waals surface area contributed by atoms with E-state index in [1.165, 1.54) is 34.6 Å². The first kappa shape index (κ1) is 22.4. The summed E-state index contributed by atoms with van der Waals surface area (Å²) >= 11 is 5.94. The number of rotatable bonds is 6. The molecular formula is C19H18ClF3N2O4S. The van der Waals surface area contributed by atoms with E-state index in [0.29, 0.717) is 13.1 Å². The molecule has 11 heteroatoms. The zero-order valence-corrected chi connectivity index (χ0v) is 17.1. The predicted molar refractivity (Wildman–Crippen MR) is 105 cm³/mol. The quantitative estimate of drug-likeness (QED) is 0.699. The number of nitrogens with one attached hydrogen (secondary N) is 1. The number of ether oxygens (including phenoxy) is 1. The van der Waals surface area contributed by atoms with Crippen LogP contribution in [-0.2, 0) is 21.0 Å². The lowest BCUT2D eigenvalue weighted by molar-refractivity contribution is -0.137. The minimum absolute atomic E-state index is 0.0561. The molecule has 0 unspecified atom stereocenters. The zero-order chi connectivity index (χ0) is 21.9. The molecule has 0 bridgehead atoms. The number of alkyl halides is 3. The Hall–Kier alpha value is -2.30. The van der Waals surface area contributed by atoms with Crippen LogP contribution in [0.4, 0.5) is 18.9 Å². The van der Waals surface area contributed by atoms with Gasteiger partial charge in [-0.15, -0.1) is 0 Å². The highest BCUT2D eigenvalue weighted by Gasteiger charge is 2.31. The van der Waals surface area contributed by atoms with Crippen molar-refractivity contribution in [3.63, 3.8) is 0 Å². The van der Waals surface area contributed by atoms with Gasteiger partial charge >= 0.3 is 6.18 Å². The van der Waals surface area contributed by atoms with E-state index in [2.05, 4.69) is 5.32 Å². The summed E-state index contributed by atoms with van der Waals surface area (Å²) in [7, 11) is -3.85. The van der Waals surface area contributed by atoms with Crippen LogP contribution in [-0.4, -0.2) is 38.3 Å². The first-order valence-electron chi connectivity index (χ1n) is 8.97. The first-order chi connectivity index (χ1) is 14.1. The lowest BCUT2D eigenvalue weighted by Gasteiger charge is -2.18. The summed E-state index contributed by atoms with van der Waals surface area (Å²) in [6.07, 6.45) is -3.05. The van der Waals surface area contributed by atoms with Crippen LogP contribution in [0.3, 0.4) is 0 Å². The minimum Gasteiger partial charge on any atom is -0.482 e. The number of benzene rings is 2. The molecule has 6 nitrogen and oxygen atoms in total. The van der Waals surface area contributed by atoms with E-state index in [1.54, 1.807) is 0 Å². The van der Waals surface area contributed by atoms with Crippen molar-refractivity contribution in [2.24, 2.45) is 0 Å². The molecular weight excluding hydrogens is 445 g/mol. The highest BCUT2D eigenvalue weighted by atomic mass is 35.5. The van der Waals surface area contributed by atoms with Gasteiger partial charge in [0, 0.05) is 23.8 Å². The number of hydrogen-bond donors (Lipinski definition) is 1. The van der Waals surface area contributed by atoms with Crippen LogP contribution in [0.15, 0.2) is 47.4 Å². The molecule has 1 aliphatic rings. The fraction of sp³-hybridized carbons (Fsp3) is 0.316. The van der Waals surface area contributed by atoms with Crippen molar-refractivity contribution < 1.29 is 31.1 Å². The Kier molecular flexibility index (Phi) is 6.59. The fourth-order valence-corrected chi connectivity index (χ4v) is 4.89. The fourth-order valence-electron chi connectivity index (χ4n) is 2.98. The lowest BCUT2D eigenvalue weighted by atomic mass is 10.2. The lowest BCUT2D eigenvalue weighted by Crippen LogP contribution is -2.28. The maximum atomic E-state index is 12.9. The topological polar surface area (TPSA) is 75.7 Å². The molecule has 1 aliphatic heterocycles. The molecule has 0 saturated carbocycles. The van der Waals surface area contributed by atoms with Crippen molar-refractivity contribution in [1.82, 2.24) is 4.31 Å². The normalized spacial score (nSPS) is 15.2. The van der Waals surface area contributed by atoms with E-state index in [4.69, 9.17) is 16.3 Å². The molecule has 1 amide bonds. The predicted octanol–water partition coefficient (Wildman–Crippen LogP) is 4.16. The molecule has 0 spiro atoms. The smallest absolute Gasteiger partial charge is 0.416 e. The number of carbonyl (C=O) groups is 1. The summed E-state index contributed by atoms with van der Waals surface area (Å²) < 4.78 is 70.7. The van der Waals surface area contributed by atoms with Crippen LogP contribution in [0.2, 0.25) is 5.02 Å². The molecule has 0 aromatic heterocycles. The number of carbonyl (C=O) groups excluding carboxylic acids is 1. The Labute approximate surface area is 176 Å². The van der Waals surface area contributed by atoms with Gasteiger partial charge in [0.1, 0.15) is 10.6 Å². The summed E-state index contributed by atoms with van der Waals surface area (Å²) in [4.78, 5) is 12.0. The Morgan fingerprint density at radius 2 is 1.83 bits per heavy atom. The van der Waals surface area contributed by atoms with Crippen molar-refractivity contribution in [2.75, 3.05) is 25.0 Å². The van der Waals surface area contributed by atoms with Crippen molar-refractivity contribution in [3.05, 3.63) is 53.1 Å². The second-order valence-corrected chi connectivity index (χ2v) is 8.96. The first-order valence-corrected chi connectivity index (χ1v) is 10.8. The van der Waals surface area contributed by atoms with E-state index < -0.39 is 34.3 Å². The number of amides is 1. The van der Waals surface area contributed by atoms with Crippen molar-refractivity contribution in [1.29, 1.82) is 0 Å². The molecule has 2 aromatic carbocycles. The van der Waals surface area contributed by atoms with Crippen LogP contribution >= 0.6 is 11.6 Å². The number of nitrogens with zero attached hydrogens (tertiary/aromatic N) is 1. The van der Waals surface area contributed by atoms with Gasteiger partial charge in [0.15, 0.2) is 6.61 Å². The number of hydrogen-bond acceptors (Lipinski definition) is 4. The summed E-state index contributed by atoms with van der Waals surface area (Å²) in [6, 6.07) is 8.15. The minimum atomic E-state index is -4.54. The Bertz CT molecular complexity index is 1040. The Morgan fingerprint density at radius 1 is 1.13 bits per heavy atom. The van der Waals surface area contributed by atoms with E-state index >= 15 is 0 Å². The average molecular weight is 463 g/mol. The van der Waals surface area contributed by atoms with E-state index in [1.807, 2.05) is 0 Å². The third-order valence-electron chi connectivity index (χ3n) is 4.42. The standard InChI is InChI=1S/C19H18ClF3N2O4S/c20-14-6-7-16(17(11-14)30(27,28)25-8-1-2-9-25)29-12-18(26)24-15-5-3-4-13(10-15)19(21,22)23/h3-7,10-11H,1-2,8-9,12H2,(H,24,26). The molecule has 162 valence electrons. The number of sulfonamides is 1. The molecule has 1 N–H and O–H groups in total. The van der Waals surface area contributed by atoms with Crippen molar-refractivity contribution >= 4 is 33.2 Å². The molecule has 3 rings (SSSR count). The SMILES string of the molecule is O=C(COc1ccc(Cl)cc1S(=O)(=O)N1CCCC1)Nc1cccc(C(F)(F)F)c1. The van der Waals surface area contributed by atoms with Gasteiger partial charge in [0.05, 0.1) is 5.56 Å². The average Bonchev–Trinajstić information content (AvgIpc) is 3.22. The van der Waals surface area contributed by atoms with E-state index in [9.17, 15) is 26.4 Å². The van der Waals surface area contributed by atoms with Gasteiger partial charge in [-0.25, -0.2) is 8.42 Å². The van der Waals surface area contributed by atoms with E-state index in [-0.39, 0.29) is 21.4 Å². The van der Waals surface area contributed by atoms with Crippen LogP contribution in [0, 0.1) is 0 Å². The van der Waals surface area contributed by atoms with E-state index in [0.717, 1.165) is 25.0 Å². The summed E-state index contributed by atoms with van der Waals surface area (Å²) in [6.45, 7) is 0.162. The molecule has 0 aliphatic carbocycles. The monoisotopic (exact) mass is 462 g/mol. The maximum Gasteiger partial charge on any atom is 0.416 e. The zero-order valence-electron chi connectivity index (χ0n) is 15.6. The second kappa shape index (κ2) is 8.83. The van der Waals surface area contributed by atoms with Crippen molar-refractivity contribution in [2.45, 2.75) is 23.9 Å². The molecule has 1 heterocycles. The van der Waals surface area contributed by atoms with Crippen molar-refractivity contribution in [3.8, 4) is 5.75 Å². The van der Waals surface area contributed by atoms with Gasteiger partial charge in [-0.05, 0) is 49.2 Å². The summed E-state index contributed by atoms with van der Waals surface area (Å²) in [5, 5.41) is 2.49.